The van der Waals surface area contributed by atoms with Crippen LogP contribution in [0.4, 0.5) is 5.95 Å². The van der Waals surface area contributed by atoms with Gasteiger partial charge in [0, 0.05) is 26.1 Å². The number of benzene rings is 2. The van der Waals surface area contributed by atoms with Gasteiger partial charge in [-0.05, 0) is 48.9 Å². The third-order valence-corrected chi connectivity index (χ3v) is 6.36. The first-order chi connectivity index (χ1) is 13.7. The van der Waals surface area contributed by atoms with E-state index in [0.717, 1.165) is 55.8 Å². The quantitative estimate of drug-likeness (QED) is 0.762. The van der Waals surface area contributed by atoms with Crippen molar-refractivity contribution in [3.8, 4) is 0 Å². The van der Waals surface area contributed by atoms with Crippen molar-refractivity contribution in [1.29, 1.82) is 0 Å². The van der Waals surface area contributed by atoms with Gasteiger partial charge in [-0.2, -0.15) is 0 Å². The smallest absolute Gasteiger partial charge is 0.223 e. The normalized spacial score (nSPS) is 19.8. The maximum Gasteiger partial charge on any atom is 0.223 e. The second-order valence-corrected chi connectivity index (χ2v) is 8.02. The van der Waals surface area contributed by atoms with Crippen LogP contribution in [0, 0.1) is 5.92 Å². The van der Waals surface area contributed by atoms with Gasteiger partial charge in [0.15, 0.2) is 0 Å². The number of carbonyl (C=O) groups is 1. The highest BCUT2D eigenvalue weighted by molar-refractivity contribution is 5.80. The van der Waals surface area contributed by atoms with Crippen LogP contribution < -0.4 is 10.2 Å². The van der Waals surface area contributed by atoms with E-state index in [1.807, 2.05) is 12.1 Å². The minimum absolute atomic E-state index is 0.0960. The molecule has 0 radical (unpaired) electrons. The van der Waals surface area contributed by atoms with E-state index in [1.165, 1.54) is 11.1 Å². The largest absolute Gasteiger partial charge is 0.349 e. The number of para-hydroxylation sites is 2. The Morgan fingerprint density at radius 2 is 1.79 bits per heavy atom. The maximum atomic E-state index is 12.9. The zero-order chi connectivity index (χ0) is 19.1. The van der Waals surface area contributed by atoms with Crippen molar-refractivity contribution in [3.05, 3.63) is 59.7 Å². The molecular weight excluding hydrogens is 348 g/mol. The van der Waals surface area contributed by atoms with Crippen LogP contribution in [0.3, 0.4) is 0 Å². The van der Waals surface area contributed by atoms with Crippen molar-refractivity contribution in [2.24, 2.45) is 13.0 Å². The lowest BCUT2D eigenvalue weighted by atomic mass is 9.95. The second kappa shape index (κ2) is 6.97. The third kappa shape index (κ3) is 2.95. The molecule has 5 heteroatoms. The molecular formula is C23H26N4O. The van der Waals surface area contributed by atoms with E-state index in [0.29, 0.717) is 0 Å². The van der Waals surface area contributed by atoms with Crippen LogP contribution in [0.1, 0.15) is 36.4 Å². The average Bonchev–Trinajstić information content (AvgIpc) is 3.30. The lowest BCUT2D eigenvalue weighted by Crippen LogP contribution is -2.42. The monoisotopic (exact) mass is 374 g/mol. The van der Waals surface area contributed by atoms with Crippen molar-refractivity contribution < 1.29 is 4.79 Å². The Morgan fingerprint density at radius 3 is 2.61 bits per heavy atom. The first-order valence-electron chi connectivity index (χ1n) is 10.3. The van der Waals surface area contributed by atoms with Gasteiger partial charge in [0.05, 0.1) is 17.1 Å². The number of nitrogens with zero attached hydrogens (tertiary/aromatic N) is 3. The number of rotatable bonds is 3. The van der Waals surface area contributed by atoms with Crippen LogP contribution in [0.2, 0.25) is 0 Å². The summed E-state index contributed by atoms with van der Waals surface area (Å²) in [5, 5.41) is 3.31. The zero-order valence-electron chi connectivity index (χ0n) is 16.3. The highest BCUT2D eigenvalue weighted by Gasteiger charge is 2.30. The van der Waals surface area contributed by atoms with E-state index in [4.69, 9.17) is 4.98 Å². The molecule has 1 N–H and O–H groups in total. The number of piperidine rings is 1. The summed E-state index contributed by atoms with van der Waals surface area (Å²) in [6, 6.07) is 16.9. The Labute approximate surface area is 165 Å². The number of aromatic nitrogens is 2. The molecule has 1 fully saturated rings. The molecule has 0 saturated carbocycles. The van der Waals surface area contributed by atoms with Crippen LogP contribution in [0.5, 0.6) is 0 Å². The fourth-order valence-corrected chi connectivity index (χ4v) is 4.75. The summed E-state index contributed by atoms with van der Waals surface area (Å²) in [5.41, 5.74) is 4.86. The first kappa shape index (κ1) is 17.3. The summed E-state index contributed by atoms with van der Waals surface area (Å²) in [6.45, 7) is 1.74. The van der Waals surface area contributed by atoms with Crippen molar-refractivity contribution in [1.82, 2.24) is 14.9 Å². The summed E-state index contributed by atoms with van der Waals surface area (Å²) in [4.78, 5) is 20.0. The van der Waals surface area contributed by atoms with Crippen molar-refractivity contribution in [3.63, 3.8) is 0 Å². The molecule has 1 aliphatic carbocycles. The molecule has 2 aliphatic rings. The van der Waals surface area contributed by atoms with Crippen LogP contribution in [0.15, 0.2) is 48.5 Å². The van der Waals surface area contributed by atoms with Gasteiger partial charge in [-0.25, -0.2) is 4.98 Å². The van der Waals surface area contributed by atoms with Gasteiger partial charge in [-0.1, -0.05) is 36.4 Å². The fourth-order valence-electron chi connectivity index (χ4n) is 4.75. The average molecular weight is 374 g/mol. The molecule has 5 rings (SSSR count). The third-order valence-electron chi connectivity index (χ3n) is 6.36. The predicted octanol–water partition coefficient (Wildman–Crippen LogP) is 3.59. The Morgan fingerprint density at radius 1 is 1.04 bits per heavy atom. The minimum Gasteiger partial charge on any atom is -0.349 e. The van der Waals surface area contributed by atoms with Gasteiger partial charge >= 0.3 is 0 Å². The van der Waals surface area contributed by atoms with E-state index in [1.54, 1.807) is 0 Å². The highest BCUT2D eigenvalue weighted by atomic mass is 16.2. The van der Waals surface area contributed by atoms with Gasteiger partial charge in [0.1, 0.15) is 0 Å². The number of imidazole rings is 1. The van der Waals surface area contributed by atoms with Crippen LogP contribution in [-0.4, -0.2) is 28.5 Å². The minimum atomic E-state index is 0.0960. The van der Waals surface area contributed by atoms with Crippen molar-refractivity contribution >= 4 is 22.9 Å². The maximum absolute atomic E-state index is 12.9. The summed E-state index contributed by atoms with van der Waals surface area (Å²) < 4.78 is 2.16. The number of anilines is 1. The van der Waals surface area contributed by atoms with E-state index in [-0.39, 0.29) is 17.9 Å². The van der Waals surface area contributed by atoms with Gasteiger partial charge in [-0.3, -0.25) is 4.79 Å². The van der Waals surface area contributed by atoms with Gasteiger partial charge in [-0.15, -0.1) is 0 Å². The summed E-state index contributed by atoms with van der Waals surface area (Å²) in [5.74, 6) is 1.31. The number of amides is 1. The number of fused-ring (bicyclic) bond motifs is 2. The number of aryl methyl sites for hydroxylation is 2. The lowest BCUT2D eigenvalue weighted by Gasteiger charge is -2.32. The summed E-state index contributed by atoms with van der Waals surface area (Å²) >= 11 is 0. The van der Waals surface area contributed by atoms with Crippen molar-refractivity contribution in [2.75, 3.05) is 18.0 Å². The number of nitrogens with one attached hydrogen (secondary N) is 1. The van der Waals surface area contributed by atoms with Crippen LogP contribution in [0.25, 0.3) is 11.0 Å². The SMILES string of the molecule is Cn1c(N2CCC(C(=O)N[C@@H]3CCc4ccccc43)CC2)nc2ccccc21. The molecule has 144 valence electrons. The number of hydrogen-bond acceptors (Lipinski definition) is 3. The molecule has 1 amide bonds. The van der Waals surface area contributed by atoms with Crippen LogP contribution in [-0.2, 0) is 18.3 Å². The van der Waals surface area contributed by atoms with Gasteiger partial charge < -0.3 is 14.8 Å². The topological polar surface area (TPSA) is 50.2 Å². The molecule has 1 aromatic heterocycles. The molecule has 28 heavy (non-hydrogen) atoms. The standard InChI is InChI=1S/C23H26N4O/c1-26-21-9-5-4-8-20(21)25-23(26)27-14-12-17(13-15-27)22(28)24-19-11-10-16-6-2-3-7-18(16)19/h2-9,17,19H,10-15H2,1H3,(H,24,28)/t19-/m1/s1. The molecule has 1 saturated heterocycles. The molecule has 3 aromatic rings. The fraction of sp³-hybridized carbons (Fsp3) is 0.391. The van der Waals surface area contributed by atoms with Crippen LogP contribution >= 0.6 is 0 Å². The van der Waals surface area contributed by atoms with Gasteiger partial charge in [0.25, 0.3) is 0 Å². The van der Waals surface area contributed by atoms with Crippen molar-refractivity contribution in [2.45, 2.75) is 31.7 Å². The molecule has 1 atom stereocenters. The molecule has 0 bridgehead atoms. The summed E-state index contributed by atoms with van der Waals surface area (Å²) in [6.07, 6.45) is 3.84. The molecule has 0 spiro atoms. The number of carbonyl (C=O) groups excluding carboxylic acids is 1. The first-order valence-corrected chi connectivity index (χ1v) is 10.3. The summed E-state index contributed by atoms with van der Waals surface area (Å²) in [7, 11) is 2.07. The zero-order valence-corrected chi connectivity index (χ0v) is 16.3. The van der Waals surface area contributed by atoms with E-state index < -0.39 is 0 Å². The molecule has 2 heterocycles. The molecule has 0 unspecified atom stereocenters. The molecule has 5 nitrogen and oxygen atoms in total. The molecule has 1 aliphatic heterocycles. The second-order valence-electron chi connectivity index (χ2n) is 8.02. The Kier molecular flexibility index (Phi) is 4.30. The Hall–Kier alpha value is -2.82. The predicted molar refractivity (Wildman–Crippen MR) is 111 cm³/mol. The highest BCUT2D eigenvalue weighted by Crippen LogP contribution is 2.32. The van der Waals surface area contributed by atoms with E-state index in [2.05, 4.69) is 58.2 Å². The number of hydrogen-bond donors (Lipinski definition) is 1. The molecule has 2 aromatic carbocycles. The lowest BCUT2D eigenvalue weighted by molar-refractivity contribution is -0.126. The Balaban J connectivity index is 1.23. The Bertz CT molecular complexity index is 1020. The van der Waals surface area contributed by atoms with E-state index >= 15 is 0 Å². The van der Waals surface area contributed by atoms with Gasteiger partial charge in [0.2, 0.25) is 11.9 Å². The van der Waals surface area contributed by atoms with E-state index in [9.17, 15) is 4.79 Å².